The summed E-state index contributed by atoms with van der Waals surface area (Å²) in [7, 11) is 0. The molecule has 0 heterocycles. The second-order valence-corrected chi connectivity index (χ2v) is 15.3. The summed E-state index contributed by atoms with van der Waals surface area (Å²) < 4.78 is 0. The molecule has 4 nitrogen and oxygen atoms in total. The van der Waals surface area contributed by atoms with Gasteiger partial charge < -0.3 is 0 Å². The zero-order valence-corrected chi connectivity index (χ0v) is 31.4. The molecule has 6 rings (SSSR count). The molecule has 0 unspecified atom stereocenters. The number of nitriles is 4. The summed E-state index contributed by atoms with van der Waals surface area (Å²) in [6.45, 7) is 0. The molecule has 6 aromatic rings. The molecule has 0 spiro atoms. The number of rotatable bonds is 12. The van der Waals surface area contributed by atoms with Gasteiger partial charge in [0.2, 0.25) is 0 Å². The zero-order chi connectivity index (χ0) is 36.4. The Morgan fingerprint density at radius 2 is 0.500 bits per heavy atom. The number of hydrogen-bond donors (Lipinski definition) is 0. The van der Waals surface area contributed by atoms with E-state index in [9.17, 15) is 21.0 Å². The fourth-order valence-corrected chi connectivity index (χ4v) is 9.26. The summed E-state index contributed by atoms with van der Waals surface area (Å²) in [5.41, 5.74) is 6.69. The quantitative estimate of drug-likeness (QED) is 0.114. The minimum Gasteiger partial charge on any atom is -0.192 e. The smallest absolute Gasteiger partial charge is 0.101 e. The van der Waals surface area contributed by atoms with E-state index < -0.39 is 0 Å². The van der Waals surface area contributed by atoms with Gasteiger partial charge in [0.1, 0.15) is 24.3 Å². The summed E-state index contributed by atoms with van der Waals surface area (Å²) >= 11 is 6.81. The Balaban J connectivity index is 0.000000201. The van der Waals surface area contributed by atoms with Crippen LogP contribution in [0.15, 0.2) is 165 Å². The molecule has 8 heteroatoms. The molecule has 0 N–H and O–H groups in total. The minimum atomic E-state index is 0.437. The zero-order valence-electron chi connectivity index (χ0n) is 28.1. The average molecular weight is 745 g/mol. The van der Waals surface area contributed by atoms with E-state index in [0.717, 1.165) is 42.6 Å². The Bertz CT molecular complexity index is 1910. The van der Waals surface area contributed by atoms with Gasteiger partial charge in [0.15, 0.2) is 0 Å². The van der Waals surface area contributed by atoms with Crippen molar-refractivity contribution in [2.75, 3.05) is 0 Å². The van der Waals surface area contributed by atoms with E-state index in [2.05, 4.69) is 72.8 Å². The lowest BCUT2D eigenvalue weighted by atomic mass is 10.1. The van der Waals surface area contributed by atoms with Gasteiger partial charge >= 0.3 is 0 Å². The van der Waals surface area contributed by atoms with Crippen LogP contribution in [-0.2, 0) is 23.0 Å². The van der Waals surface area contributed by atoms with Crippen molar-refractivity contribution in [2.24, 2.45) is 0 Å². The van der Waals surface area contributed by atoms with E-state index in [-0.39, 0.29) is 0 Å². The summed E-state index contributed by atoms with van der Waals surface area (Å²) in [5, 5.41) is 37.4. The second kappa shape index (κ2) is 20.5. The van der Waals surface area contributed by atoms with Crippen LogP contribution in [0.5, 0.6) is 0 Å². The van der Waals surface area contributed by atoms with Crippen molar-refractivity contribution in [2.45, 2.75) is 42.6 Å². The normalized spacial score (nSPS) is 10.1. The molecule has 252 valence electrons. The third-order valence-electron chi connectivity index (χ3n) is 7.60. The van der Waals surface area contributed by atoms with E-state index >= 15 is 0 Å². The molecule has 52 heavy (non-hydrogen) atoms. The molecule has 0 amide bonds. The molecule has 0 fully saturated rings. The van der Waals surface area contributed by atoms with Gasteiger partial charge in [-0.2, -0.15) is 21.0 Å². The van der Waals surface area contributed by atoms with Gasteiger partial charge in [-0.15, -0.1) is 47.0 Å². The van der Waals surface area contributed by atoms with Crippen molar-refractivity contribution in [3.05, 3.63) is 190 Å². The predicted molar refractivity (Wildman–Crippen MR) is 216 cm³/mol. The van der Waals surface area contributed by atoms with Crippen molar-refractivity contribution >= 4 is 47.0 Å². The van der Waals surface area contributed by atoms with Gasteiger partial charge in [-0.1, -0.05) is 121 Å². The Morgan fingerprint density at radius 1 is 0.308 bits per heavy atom. The maximum absolute atomic E-state index is 9.34. The number of benzene rings is 6. The first-order valence-corrected chi connectivity index (χ1v) is 20.2. The fourth-order valence-electron chi connectivity index (χ4n) is 4.88. The predicted octanol–water partition coefficient (Wildman–Crippen LogP) is 12.0. The van der Waals surface area contributed by atoms with Crippen LogP contribution in [0.4, 0.5) is 0 Å². The molecule has 0 bridgehead atoms. The second-order valence-electron chi connectivity index (χ2n) is 11.2. The van der Waals surface area contributed by atoms with E-state index in [1.807, 2.05) is 97.1 Å². The molecule has 0 radical (unpaired) electrons. The van der Waals surface area contributed by atoms with E-state index in [4.69, 9.17) is 0 Å². The highest BCUT2D eigenvalue weighted by Crippen LogP contribution is 2.38. The highest BCUT2D eigenvalue weighted by Gasteiger charge is 2.13. The van der Waals surface area contributed by atoms with Crippen molar-refractivity contribution in [1.82, 2.24) is 0 Å². The van der Waals surface area contributed by atoms with E-state index in [1.165, 1.54) is 22.3 Å². The van der Waals surface area contributed by atoms with Crippen LogP contribution in [0.1, 0.15) is 44.5 Å². The number of hydrogen-bond acceptors (Lipinski definition) is 8. The molecule has 0 aliphatic rings. The summed E-state index contributed by atoms with van der Waals surface area (Å²) in [4.78, 5) is 4.19. The van der Waals surface area contributed by atoms with Gasteiger partial charge in [0, 0.05) is 42.6 Å². The number of nitrogens with zero attached hydrogens (tertiary/aromatic N) is 4. The van der Waals surface area contributed by atoms with E-state index in [1.54, 1.807) is 47.0 Å². The van der Waals surface area contributed by atoms with Crippen LogP contribution < -0.4 is 0 Å². The largest absolute Gasteiger partial charge is 0.192 e. The van der Waals surface area contributed by atoms with Crippen molar-refractivity contribution in [3.63, 3.8) is 0 Å². The van der Waals surface area contributed by atoms with Crippen LogP contribution in [0.3, 0.4) is 0 Å². The first-order valence-electron chi connectivity index (χ1n) is 16.2. The Hall–Kier alpha value is -5.32. The molecule has 6 aromatic carbocycles. The lowest BCUT2D eigenvalue weighted by molar-refractivity contribution is 1.20. The van der Waals surface area contributed by atoms with Crippen molar-refractivity contribution < 1.29 is 0 Å². The molecule has 0 aromatic heterocycles. The van der Waals surface area contributed by atoms with Gasteiger partial charge in [0.25, 0.3) is 0 Å². The van der Waals surface area contributed by atoms with Crippen LogP contribution in [0.2, 0.25) is 0 Å². The van der Waals surface area contributed by atoms with E-state index in [0.29, 0.717) is 22.3 Å². The maximum Gasteiger partial charge on any atom is 0.101 e. The first kappa shape index (κ1) is 37.9. The SMILES string of the molecule is N#Cc1cc(SCc2ccccc2)c(SCc2ccccc2)cc1C#N.N#Cc1cc(SCc2ccccc2)c(SCc2ccccc2)cc1C#N. The highest BCUT2D eigenvalue weighted by atomic mass is 32.2. The Morgan fingerprint density at radius 3 is 0.673 bits per heavy atom. The van der Waals surface area contributed by atoms with Crippen LogP contribution in [0.25, 0.3) is 0 Å². The average Bonchev–Trinajstić information content (AvgIpc) is 3.22. The maximum atomic E-state index is 9.34. The third-order valence-corrected chi connectivity index (χ3v) is 12.4. The first-order chi connectivity index (χ1) is 25.6. The Kier molecular flexibility index (Phi) is 15.0. The number of thioether (sulfide) groups is 4. The van der Waals surface area contributed by atoms with Gasteiger partial charge in [-0.05, 0) is 46.5 Å². The molecular weight excluding hydrogens is 713 g/mol. The summed E-state index contributed by atoms with van der Waals surface area (Å²) in [6.07, 6.45) is 0. The fraction of sp³-hybridized carbons (Fsp3) is 0.0909. The molecule has 0 saturated heterocycles. The monoisotopic (exact) mass is 744 g/mol. The molecule has 0 aliphatic heterocycles. The lowest BCUT2D eigenvalue weighted by Gasteiger charge is -2.11. The highest BCUT2D eigenvalue weighted by molar-refractivity contribution is 8.02. The minimum absolute atomic E-state index is 0.437. The topological polar surface area (TPSA) is 95.2 Å². The Labute approximate surface area is 323 Å². The van der Waals surface area contributed by atoms with Crippen molar-refractivity contribution in [1.29, 1.82) is 21.0 Å². The summed E-state index contributed by atoms with van der Waals surface area (Å²) in [5.74, 6) is 3.32. The molecule has 0 atom stereocenters. The standard InChI is InChI=1S/2C22H16N2S2/c2*23-13-19-11-21(25-15-17-7-3-1-4-8-17)22(12-20(19)14-24)26-16-18-9-5-2-6-10-18/h2*1-12H,15-16H2. The van der Waals surface area contributed by atoms with Gasteiger partial charge in [-0.25, -0.2) is 0 Å². The summed E-state index contributed by atoms with van der Waals surface area (Å²) in [6, 6.07) is 57.0. The third kappa shape index (κ3) is 11.3. The molecule has 0 saturated carbocycles. The molecule has 0 aliphatic carbocycles. The van der Waals surface area contributed by atoms with Crippen LogP contribution >= 0.6 is 47.0 Å². The lowest BCUT2D eigenvalue weighted by Crippen LogP contribution is -1.90. The van der Waals surface area contributed by atoms with Crippen molar-refractivity contribution in [3.8, 4) is 24.3 Å². The van der Waals surface area contributed by atoms with Crippen LogP contribution in [-0.4, -0.2) is 0 Å². The van der Waals surface area contributed by atoms with Crippen LogP contribution in [0, 0.1) is 45.3 Å². The van der Waals surface area contributed by atoms with Gasteiger partial charge in [0.05, 0.1) is 22.3 Å². The molecular formula is C44H32N4S4. The van der Waals surface area contributed by atoms with Gasteiger partial charge in [-0.3, -0.25) is 0 Å².